The highest BCUT2D eigenvalue weighted by Crippen LogP contribution is 1.97. The number of aliphatic hydroxyl groups is 2. The number of hydrogen-bond donors (Lipinski definition) is 2. The Bertz CT molecular complexity index is 78.2. The molecule has 0 heterocycles. The van der Waals surface area contributed by atoms with Gasteiger partial charge in [0.05, 0.1) is 12.2 Å². The normalized spacial score (nSPS) is 12.2. The Morgan fingerprint density at radius 2 is 1.46 bits per heavy atom. The fourth-order valence-electron chi connectivity index (χ4n) is 0.788. The third kappa shape index (κ3) is 18.7. The molecule has 0 radical (unpaired) electrons. The van der Waals surface area contributed by atoms with E-state index in [0.29, 0.717) is 0 Å². The Morgan fingerprint density at radius 1 is 1.00 bits per heavy atom. The van der Waals surface area contributed by atoms with E-state index in [1.165, 1.54) is 6.42 Å². The molecule has 1 unspecified atom stereocenters. The van der Waals surface area contributed by atoms with Crippen LogP contribution in [0.3, 0.4) is 0 Å². The van der Waals surface area contributed by atoms with Crippen LogP contribution in [-0.4, -0.2) is 22.4 Å². The fraction of sp³-hybridized carbons (Fsp3) is 1.00. The summed E-state index contributed by atoms with van der Waals surface area (Å²) in [5.41, 5.74) is 0. The standard InChI is InChI=1S/C6H14O.C5H12O/c1-3-4-5-6(2)7;1-3-5(6)4-2/h6-7H,3-5H2,1-2H3;5-6H,3-4H2,1-2H3. The number of rotatable bonds is 5. The van der Waals surface area contributed by atoms with Gasteiger partial charge in [0.1, 0.15) is 0 Å². The van der Waals surface area contributed by atoms with Crippen LogP contribution in [0.25, 0.3) is 0 Å². The van der Waals surface area contributed by atoms with Crippen LogP contribution < -0.4 is 0 Å². The molecule has 0 aromatic heterocycles. The molecule has 2 nitrogen and oxygen atoms in total. The summed E-state index contributed by atoms with van der Waals surface area (Å²) in [7, 11) is 0. The van der Waals surface area contributed by atoms with Gasteiger partial charge in [0.2, 0.25) is 0 Å². The molecule has 0 aromatic carbocycles. The van der Waals surface area contributed by atoms with Crippen LogP contribution in [0.15, 0.2) is 0 Å². The number of hydrogen-bond acceptors (Lipinski definition) is 2. The maximum Gasteiger partial charge on any atom is 0.0535 e. The third-order valence-corrected chi connectivity index (χ3v) is 1.92. The van der Waals surface area contributed by atoms with Crippen LogP contribution in [0.1, 0.15) is 59.8 Å². The lowest BCUT2D eigenvalue weighted by molar-refractivity contribution is 0.166. The first-order valence-electron chi connectivity index (χ1n) is 5.44. The summed E-state index contributed by atoms with van der Waals surface area (Å²) in [6.07, 6.45) is 4.90. The van der Waals surface area contributed by atoms with Gasteiger partial charge in [-0.25, -0.2) is 0 Å². The van der Waals surface area contributed by atoms with E-state index in [-0.39, 0.29) is 12.2 Å². The minimum absolute atomic E-state index is 0.0648. The fourth-order valence-corrected chi connectivity index (χ4v) is 0.788. The second-order valence-electron chi connectivity index (χ2n) is 3.46. The summed E-state index contributed by atoms with van der Waals surface area (Å²) >= 11 is 0. The van der Waals surface area contributed by atoms with Crippen LogP contribution in [0.5, 0.6) is 0 Å². The molecule has 13 heavy (non-hydrogen) atoms. The Morgan fingerprint density at radius 3 is 1.54 bits per heavy atom. The zero-order valence-electron chi connectivity index (χ0n) is 9.58. The lowest BCUT2D eigenvalue weighted by Crippen LogP contribution is -1.99. The predicted octanol–water partition coefficient (Wildman–Crippen LogP) is 2.72. The summed E-state index contributed by atoms with van der Waals surface area (Å²) in [6, 6.07) is 0. The summed E-state index contributed by atoms with van der Waals surface area (Å²) in [4.78, 5) is 0. The van der Waals surface area contributed by atoms with E-state index in [9.17, 15) is 0 Å². The number of aliphatic hydroxyl groups excluding tert-OH is 2. The van der Waals surface area contributed by atoms with Crippen molar-refractivity contribution in [2.45, 2.75) is 72.0 Å². The Hall–Kier alpha value is -0.0800. The zero-order chi connectivity index (χ0) is 10.7. The molecule has 0 aliphatic rings. The molecule has 0 aliphatic heterocycles. The molecular weight excluding hydrogens is 164 g/mol. The Kier molecular flexibility index (Phi) is 14.1. The monoisotopic (exact) mass is 190 g/mol. The van der Waals surface area contributed by atoms with Gasteiger partial charge in [-0.05, 0) is 26.2 Å². The lowest BCUT2D eigenvalue weighted by Gasteiger charge is -1.98. The zero-order valence-corrected chi connectivity index (χ0v) is 9.58. The van der Waals surface area contributed by atoms with Crippen LogP contribution in [-0.2, 0) is 0 Å². The SMILES string of the molecule is CCC(O)CC.CCCCC(C)O. The van der Waals surface area contributed by atoms with Gasteiger partial charge in [0.25, 0.3) is 0 Å². The van der Waals surface area contributed by atoms with Crippen LogP contribution in [0.4, 0.5) is 0 Å². The average Bonchev–Trinajstić information content (AvgIpc) is 2.14. The minimum Gasteiger partial charge on any atom is -0.393 e. The first-order chi connectivity index (χ1) is 6.08. The van der Waals surface area contributed by atoms with Crippen LogP contribution >= 0.6 is 0 Å². The van der Waals surface area contributed by atoms with E-state index < -0.39 is 0 Å². The third-order valence-electron chi connectivity index (χ3n) is 1.92. The van der Waals surface area contributed by atoms with Gasteiger partial charge in [-0.15, -0.1) is 0 Å². The highest BCUT2D eigenvalue weighted by Gasteiger charge is 1.91. The summed E-state index contributed by atoms with van der Waals surface area (Å²) < 4.78 is 0. The highest BCUT2D eigenvalue weighted by atomic mass is 16.3. The number of unbranched alkanes of at least 4 members (excludes halogenated alkanes) is 1. The summed E-state index contributed by atoms with van der Waals surface area (Å²) in [5, 5.41) is 17.4. The first-order valence-corrected chi connectivity index (χ1v) is 5.44. The second kappa shape index (κ2) is 11.9. The second-order valence-corrected chi connectivity index (χ2v) is 3.46. The van der Waals surface area contributed by atoms with Crippen molar-refractivity contribution < 1.29 is 10.2 Å². The van der Waals surface area contributed by atoms with E-state index in [1.54, 1.807) is 0 Å². The molecular formula is C11H26O2. The topological polar surface area (TPSA) is 40.5 Å². The molecule has 0 saturated carbocycles. The van der Waals surface area contributed by atoms with E-state index in [4.69, 9.17) is 10.2 Å². The molecule has 2 heteroatoms. The lowest BCUT2D eigenvalue weighted by atomic mass is 10.2. The van der Waals surface area contributed by atoms with E-state index in [2.05, 4.69) is 6.92 Å². The summed E-state index contributed by atoms with van der Waals surface area (Å²) in [6.45, 7) is 7.92. The van der Waals surface area contributed by atoms with E-state index >= 15 is 0 Å². The van der Waals surface area contributed by atoms with Gasteiger partial charge in [-0.2, -0.15) is 0 Å². The molecule has 0 aliphatic carbocycles. The van der Waals surface area contributed by atoms with Crippen molar-refractivity contribution in [1.82, 2.24) is 0 Å². The molecule has 0 rings (SSSR count). The summed E-state index contributed by atoms with van der Waals surface area (Å²) in [5.74, 6) is 0. The predicted molar refractivity (Wildman–Crippen MR) is 57.8 cm³/mol. The van der Waals surface area contributed by atoms with Crippen molar-refractivity contribution >= 4 is 0 Å². The maximum atomic E-state index is 8.68. The largest absolute Gasteiger partial charge is 0.393 e. The molecule has 0 spiro atoms. The van der Waals surface area contributed by atoms with Gasteiger partial charge in [0, 0.05) is 0 Å². The van der Waals surface area contributed by atoms with Crippen molar-refractivity contribution in [3.05, 3.63) is 0 Å². The van der Waals surface area contributed by atoms with Gasteiger partial charge < -0.3 is 10.2 Å². The van der Waals surface area contributed by atoms with Crippen molar-refractivity contribution in [1.29, 1.82) is 0 Å². The molecule has 0 amide bonds. The van der Waals surface area contributed by atoms with Crippen LogP contribution in [0, 0.1) is 0 Å². The van der Waals surface area contributed by atoms with Gasteiger partial charge >= 0.3 is 0 Å². The molecule has 1 atom stereocenters. The van der Waals surface area contributed by atoms with E-state index in [0.717, 1.165) is 25.7 Å². The molecule has 2 N–H and O–H groups in total. The minimum atomic E-state index is -0.0973. The van der Waals surface area contributed by atoms with Crippen molar-refractivity contribution in [2.24, 2.45) is 0 Å². The van der Waals surface area contributed by atoms with Crippen molar-refractivity contribution in [2.75, 3.05) is 0 Å². The van der Waals surface area contributed by atoms with Crippen LogP contribution in [0.2, 0.25) is 0 Å². The average molecular weight is 190 g/mol. The maximum absolute atomic E-state index is 8.68. The quantitative estimate of drug-likeness (QED) is 0.700. The van der Waals surface area contributed by atoms with Gasteiger partial charge in [0.15, 0.2) is 0 Å². The molecule has 0 aromatic rings. The Labute approximate surface area is 83.0 Å². The van der Waals surface area contributed by atoms with E-state index in [1.807, 2.05) is 20.8 Å². The highest BCUT2D eigenvalue weighted by molar-refractivity contribution is 4.44. The molecule has 0 bridgehead atoms. The first kappa shape index (κ1) is 15.4. The van der Waals surface area contributed by atoms with Gasteiger partial charge in [-0.1, -0.05) is 33.6 Å². The molecule has 0 saturated heterocycles. The molecule has 82 valence electrons. The van der Waals surface area contributed by atoms with Crippen molar-refractivity contribution in [3.8, 4) is 0 Å². The van der Waals surface area contributed by atoms with Crippen molar-refractivity contribution in [3.63, 3.8) is 0 Å². The van der Waals surface area contributed by atoms with Gasteiger partial charge in [-0.3, -0.25) is 0 Å². The molecule has 0 fully saturated rings. The Balaban J connectivity index is 0. The smallest absolute Gasteiger partial charge is 0.0535 e.